The summed E-state index contributed by atoms with van der Waals surface area (Å²) in [6.07, 6.45) is 0. The van der Waals surface area contributed by atoms with Crippen LogP contribution in [0.3, 0.4) is 0 Å². The van der Waals surface area contributed by atoms with Gasteiger partial charge in [-0.05, 0) is 32.2 Å². The number of nitrogens with zero attached hydrogens (tertiary/aromatic N) is 2. The van der Waals surface area contributed by atoms with Crippen molar-refractivity contribution in [1.29, 1.82) is 0 Å². The van der Waals surface area contributed by atoms with Crippen LogP contribution in [0.5, 0.6) is 5.75 Å². The number of nitrogens with one attached hydrogen (secondary N) is 1. The van der Waals surface area contributed by atoms with Crippen molar-refractivity contribution in [2.45, 2.75) is 23.4 Å². The van der Waals surface area contributed by atoms with Gasteiger partial charge < -0.3 is 10.1 Å². The van der Waals surface area contributed by atoms with Gasteiger partial charge in [-0.2, -0.15) is 5.10 Å². The number of hydrogen-bond donors (Lipinski definition) is 1. The van der Waals surface area contributed by atoms with E-state index in [2.05, 4.69) is 16.5 Å². The van der Waals surface area contributed by atoms with Gasteiger partial charge in [-0.3, -0.25) is 4.68 Å². The predicted octanol–water partition coefficient (Wildman–Crippen LogP) is 2.61. The molecule has 0 aliphatic carbocycles. The van der Waals surface area contributed by atoms with Gasteiger partial charge in [0, 0.05) is 24.1 Å². The smallest absolute Gasteiger partial charge is 0.119 e. The Bertz CT molecular complexity index is 566. The third-order valence-corrected chi connectivity index (χ3v) is 4.09. The van der Waals surface area contributed by atoms with Crippen molar-refractivity contribution in [2.75, 3.05) is 14.2 Å². The van der Waals surface area contributed by atoms with Crippen molar-refractivity contribution >= 4 is 11.8 Å². The minimum absolute atomic E-state index is 0.825. The van der Waals surface area contributed by atoms with Gasteiger partial charge in [-0.1, -0.05) is 17.8 Å². The largest absolute Gasteiger partial charge is 0.497 e. The second-order valence-corrected chi connectivity index (χ2v) is 5.37. The van der Waals surface area contributed by atoms with Crippen molar-refractivity contribution in [2.24, 2.45) is 7.05 Å². The second-order valence-electron chi connectivity index (χ2n) is 4.30. The van der Waals surface area contributed by atoms with Gasteiger partial charge in [0.25, 0.3) is 0 Å². The molecule has 0 atom stereocenters. The average Bonchev–Trinajstić information content (AvgIpc) is 2.66. The molecule has 0 aliphatic heterocycles. The molecule has 0 aliphatic rings. The lowest BCUT2D eigenvalue weighted by molar-refractivity contribution is 0.413. The molecule has 1 heterocycles. The molecule has 0 bridgehead atoms. The molecule has 102 valence electrons. The third-order valence-electron chi connectivity index (χ3n) is 2.90. The Kier molecular flexibility index (Phi) is 4.50. The average molecular weight is 277 g/mol. The minimum Gasteiger partial charge on any atom is -0.497 e. The molecule has 0 amide bonds. The molecule has 0 fully saturated rings. The lowest BCUT2D eigenvalue weighted by atomic mass is 10.3. The number of rotatable bonds is 5. The third kappa shape index (κ3) is 3.11. The van der Waals surface area contributed by atoms with Gasteiger partial charge in [0.2, 0.25) is 0 Å². The fraction of sp³-hybridized carbons (Fsp3) is 0.357. The van der Waals surface area contributed by atoms with E-state index in [1.54, 1.807) is 18.9 Å². The van der Waals surface area contributed by atoms with Crippen molar-refractivity contribution in [3.63, 3.8) is 0 Å². The molecule has 1 N–H and O–H groups in total. The molecule has 2 aromatic rings. The van der Waals surface area contributed by atoms with Crippen LogP contribution in [-0.4, -0.2) is 23.9 Å². The Morgan fingerprint density at radius 3 is 2.89 bits per heavy atom. The summed E-state index contributed by atoms with van der Waals surface area (Å²) in [5.41, 5.74) is 2.32. The highest BCUT2D eigenvalue weighted by Crippen LogP contribution is 2.33. The molecule has 0 radical (unpaired) electrons. The van der Waals surface area contributed by atoms with Crippen molar-refractivity contribution in [3.05, 3.63) is 35.5 Å². The maximum atomic E-state index is 5.26. The zero-order valence-corrected chi connectivity index (χ0v) is 12.5. The van der Waals surface area contributed by atoms with Crippen LogP contribution in [0.4, 0.5) is 0 Å². The Labute approximate surface area is 118 Å². The van der Waals surface area contributed by atoms with Gasteiger partial charge in [-0.15, -0.1) is 0 Å². The van der Waals surface area contributed by atoms with Gasteiger partial charge >= 0.3 is 0 Å². The lowest BCUT2D eigenvalue weighted by Crippen LogP contribution is -2.06. The van der Waals surface area contributed by atoms with Crippen LogP contribution in [0.1, 0.15) is 11.3 Å². The van der Waals surface area contributed by atoms with E-state index in [1.165, 1.54) is 10.6 Å². The van der Waals surface area contributed by atoms with Crippen LogP contribution in [0.25, 0.3) is 0 Å². The van der Waals surface area contributed by atoms with Crippen LogP contribution >= 0.6 is 11.8 Å². The molecule has 1 aromatic heterocycles. The summed E-state index contributed by atoms with van der Waals surface area (Å²) in [5, 5.41) is 8.86. The first kappa shape index (κ1) is 14.0. The monoisotopic (exact) mass is 277 g/mol. The van der Waals surface area contributed by atoms with E-state index in [0.717, 1.165) is 22.9 Å². The van der Waals surface area contributed by atoms with E-state index in [4.69, 9.17) is 4.74 Å². The van der Waals surface area contributed by atoms with Crippen molar-refractivity contribution in [1.82, 2.24) is 15.1 Å². The summed E-state index contributed by atoms with van der Waals surface area (Å²) in [5.74, 6) is 0.874. The lowest BCUT2D eigenvalue weighted by Gasteiger charge is -2.07. The molecule has 19 heavy (non-hydrogen) atoms. The van der Waals surface area contributed by atoms with Crippen molar-refractivity contribution in [3.8, 4) is 5.75 Å². The number of benzene rings is 1. The highest BCUT2D eigenvalue weighted by Gasteiger charge is 2.14. The molecule has 4 nitrogen and oxygen atoms in total. The number of aromatic nitrogens is 2. The maximum Gasteiger partial charge on any atom is 0.119 e. The molecule has 0 saturated heterocycles. The predicted molar refractivity (Wildman–Crippen MR) is 77.8 cm³/mol. The van der Waals surface area contributed by atoms with Crippen LogP contribution in [-0.2, 0) is 13.6 Å². The first-order valence-electron chi connectivity index (χ1n) is 6.14. The van der Waals surface area contributed by atoms with Gasteiger partial charge in [0.05, 0.1) is 12.8 Å². The molecule has 0 spiro atoms. The molecule has 5 heteroatoms. The number of hydrogen-bond acceptors (Lipinski definition) is 4. The van der Waals surface area contributed by atoms with Gasteiger partial charge in [0.15, 0.2) is 0 Å². The Balaban J connectivity index is 2.31. The molecular weight excluding hydrogens is 258 g/mol. The Morgan fingerprint density at radius 1 is 1.42 bits per heavy atom. The summed E-state index contributed by atoms with van der Waals surface area (Å²) in [6.45, 7) is 2.87. The number of methoxy groups -OCH3 is 1. The van der Waals surface area contributed by atoms with Gasteiger partial charge in [-0.25, -0.2) is 0 Å². The molecule has 2 rings (SSSR count). The van der Waals surface area contributed by atoms with E-state index in [1.807, 2.05) is 43.9 Å². The summed E-state index contributed by atoms with van der Waals surface area (Å²) < 4.78 is 7.19. The van der Waals surface area contributed by atoms with Crippen LogP contribution in [0.15, 0.2) is 34.2 Å². The van der Waals surface area contributed by atoms with E-state index in [9.17, 15) is 0 Å². The SMILES string of the molecule is CNCc1c(C)nn(C)c1Sc1cccc(OC)c1. The summed E-state index contributed by atoms with van der Waals surface area (Å²) >= 11 is 1.71. The highest BCUT2D eigenvalue weighted by molar-refractivity contribution is 7.99. The van der Waals surface area contributed by atoms with Gasteiger partial charge in [0.1, 0.15) is 10.8 Å². The fourth-order valence-corrected chi connectivity index (χ4v) is 3.03. The Hall–Kier alpha value is -1.46. The first-order chi connectivity index (χ1) is 9.15. The standard InChI is InChI=1S/C14H19N3OS/c1-10-13(9-15-2)14(17(3)16-10)19-12-7-5-6-11(8-12)18-4/h5-8,15H,9H2,1-4H3. The molecular formula is C14H19N3OS. The summed E-state index contributed by atoms with van der Waals surface area (Å²) in [6, 6.07) is 8.07. The minimum atomic E-state index is 0.825. The van der Waals surface area contributed by atoms with E-state index in [-0.39, 0.29) is 0 Å². The Morgan fingerprint density at radius 2 is 2.21 bits per heavy atom. The second kappa shape index (κ2) is 6.12. The maximum absolute atomic E-state index is 5.26. The van der Waals surface area contributed by atoms with E-state index in [0.29, 0.717) is 0 Å². The molecule has 0 unspecified atom stereocenters. The molecule has 0 saturated carbocycles. The summed E-state index contributed by atoms with van der Waals surface area (Å²) in [7, 11) is 5.62. The van der Waals surface area contributed by atoms with Crippen LogP contribution < -0.4 is 10.1 Å². The number of aryl methyl sites for hydroxylation is 2. The first-order valence-corrected chi connectivity index (χ1v) is 6.96. The quantitative estimate of drug-likeness (QED) is 0.912. The van der Waals surface area contributed by atoms with E-state index < -0.39 is 0 Å². The zero-order chi connectivity index (χ0) is 13.8. The van der Waals surface area contributed by atoms with Crippen molar-refractivity contribution < 1.29 is 4.74 Å². The van der Waals surface area contributed by atoms with Crippen LogP contribution in [0.2, 0.25) is 0 Å². The zero-order valence-electron chi connectivity index (χ0n) is 11.7. The topological polar surface area (TPSA) is 39.1 Å². The van der Waals surface area contributed by atoms with E-state index >= 15 is 0 Å². The van der Waals surface area contributed by atoms with Crippen LogP contribution in [0, 0.1) is 6.92 Å². The fourth-order valence-electron chi connectivity index (χ4n) is 1.97. The summed E-state index contributed by atoms with van der Waals surface area (Å²) in [4.78, 5) is 1.15. The normalized spacial score (nSPS) is 10.7. The highest BCUT2D eigenvalue weighted by atomic mass is 32.2. The molecule has 1 aromatic carbocycles. The number of ether oxygens (including phenoxy) is 1.